The molecule has 2 rings (SSSR count). The smallest absolute Gasteiger partial charge is 0.119 e. The lowest BCUT2D eigenvalue weighted by molar-refractivity contribution is 0.317. The van der Waals surface area contributed by atoms with Crippen LogP contribution in [0.5, 0.6) is 5.75 Å². The van der Waals surface area contributed by atoms with Crippen molar-refractivity contribution in [2.24, 2.45) is 5.16 Å². The van der Waals surface area contributed by atoms with Crippen LogP contribution in [0.4, 0.5) is 0 Å². The maximum atomic E-state index is 8.65. The number of hydrogen-bond acceptors (Lipinski definition) is 4. The molecule has 0 unspecified atom stereocenters. The number of benzene rings is 2. The molecule has 0 heterocycles. The molecule has 0 saturated heterocycles. The van der Waals surface area contributed by atoms with Crippen molar-refractivity contribution in [2.75, 3.05) is 12.4 Å². The average molecular weight is 301 g/mol. The van der Waals surface area contributed by atoms with Crippen molar-refractivity contribution in [1.29, 1.82) is 0 Å². The summed E-state index contributed by atoms with van der Waals surface area (Å²) in [5.74, 6) is 1.79. The Morgan fingerprint density at radius 3 is 2.48 bits per heavy atom. The maximum Gasteiger partial charge on any atom is 0.119 e. The van der Waals surface area contributed by atoms with E-state index in [-0.39, 0.29) is 0 Å². The van der Waals surface area contributed by atoms with Crippen LogP contribution in [-0.4, -0.2) is 23.3 Å². The fraction of sp³-hybridized carbons (Fsp3) is 0.235. The first-order chi connectivity index (χ1) is 10.3. The second-order valence-electron chi connectivity index (χ2n) is 4.67. The minimum Gasteiger partial charge on any atom is -0.493 e. The fourth-order valence-corrected chi connectivity index (χ4v) is 2.62. The van der Waals surface area contributed by atoms with Crippen molar-refractivity contribution in [3.8, 4) is 5.75 Å². The summed E-state index contributed by atoms with van der Waals surface area (Å²) in [5, 5.41) is 11.8. The van der Waals surface area contributed by atoms with Crippen LogP contribution in [0.25, 0.3) is 0 Å². The molecule has 0 aliphatic rings. The Hall–Kier alpha value is -1.94. The molecule has 0 atom stereocenters. The largest absolute Gasteiger partial charge is 0.493 e. The molecule has 0 radical (unpaired) electrons. The molecule has 0 fully saturated rings. The standard InChI is InChI=1S/C17H19NO2S/c1-14(18-19)13-15-7-9-16(10-8-15)20-11-12-21-17-5-3-2-4-6-17/h2-10,19H,11-13H2,1H3/b18-14-. The van der Waals surface area contributed by atoms with Crippen LogP contribution in [0.3, 0.4) is 0 Å². The van der Waals surface area contributed by atoms with Gasteiger partial charge in [0, 0.05) is 17.1 Å². The molecule has 4 heteroatoms. The first-order valence-electron chi connectivity index (χ1n) is 6.85. The molecule has 0 aliphatic carbocycles. The lowest BCUT2D eigenvalue weighted by Crippen LogP contribution is -2.01. The summed E-state index contributed by atoms with van der Waals surface area (Å²) in [4.78, 5) is 1.26. The molecule has 1 N–H and O–H groups in total. The van der Waals surface area contributed by atoms with E-state index >= 15 is 0 Å². The molecule has 0 spiro atoms. The van der Waals surface area contributed by atoms with Crippen molar-refractivity contribution in [1.82, 2.24) is 0 Å². The third-order valence-corrected chi connectivity index (χ3v) is 3.89. The number of oxime groups is 1. The zero-order valence-corrected chi connectivity index (χ0v) is 12.8. The Bertz CT molecular complexity index is 567. The van der Waals surface area contributed by atoms with Gasteiger partial charge in [-0.25, -0.2) is 0 Å². The summed E-state index contributed by atoms with van der Waals surface area (Å²) in [6, 6.07) is 18.2. The van der Waals surface area contributed by atoms with Crippen LogP contribution >= 0.6 is 11.8 Å². The van der Waals surface area contributed by atoms with E-state index in [0.717, 1.165) is 17.1 Å². The summed E-state index contributed by atoms with van der Waals surface area (Å²) in [6.07, 6.45) is 0.653. The van der Waals surface area contributed by atoms with Crippen molar-refractivity contribution in [3.05, 3.63) is 60.2 Å². The van der Waals surface area contributed by atoms with Gasteiger partial charge in [-0.2, -0.15) is 0 Å². The molecule has 2 aromatic rings. The lowest BCUT2D eigenvalue weighted by atomic mass is 10.1. The highest BCUT2D eigenvalue weighted by Gasteiger charge is 1.99. The lowest BCUT2D eigenvalue weighted by Gasteiger charge is -2.07. The SMILES string of the molecule is C/C(Cc1ccc(OCCSc2ccccc2)cc1)=N/O. The molecule has 0 bridgehead atoms. The molecule has 110 valence electrons. The topological polar surface area (TPSA) is 41.8 Å². The monoisotopic (exact) mass is 301 g/mol. The van der Waals surface area contributed by atoms with Gasteiger partial charge in [0.2, 0.25) is 0 Å². The number of ether oxygens (including phenoxy) is 1. The molecule has 21 heavy (non-hydrogen) atoms. The number of thioether (sulfide) groups is 1. The summed E-state index contributed by atoms with van der Waals surface area (Å²) < 4.78 is 5.71. The second-order valence-corrected chi connectivity index (χ2v) is 5.83. The Labute approximate surface area is 129 Å². The van der Waals surface area contributed by atoms with E-state index in [9.17, 15) is 0 Å². The molecular weight excluding hydrogens is 282 g/mol. The Morgan fingerprint density at radius 2 is 1.81 bits per heavy atom. The summed E-state index contributed by atoms with van der Waals surface area (Å²) in [7, 11) is 0. The van der Waals surface area contributed by atoms with Crippen LogP contribution in [0.2, 0.25) is 0 Å². The predicted octanol–water partition coefficient (Wildman–Crippen LogP) is 4.25. The van der Waals surface area contributed by atoms with Crippen molar-refractivity contribution in [3.63, 3.8) is 0 Å². The van der Waals surface area contributed by atoms with Gasteiger partial charge in [-0.05, 0) is 36.8 Å². The fourth-order valence-electron chi connectivity index (χ4n) is 1.87. The van der Waals surface area contributed by atoms with E-state index in [1.165, 1.54) is 4.90 Å². The molecular formula is C17H19NO2S. The minimum atomic E-state index is 0.653. The van der Waals surface area contributed by atoms with Crippen molar-refractivity contribution < 1.29 is 9.94 Å². The van der Waals surface area contributed by atoms with Crippen LogP contribution in [0.1, 0.15) is 12.5 Å². The third kappa shape index (κ3) is 5.52. The van der Waals surface area contributed by atoms with Gasteiger partial charge in [0.05, 0.1) is 12.3 Å². The maximum absolute atomic E-state index is 8.65. The highest BCUT2D eigenvalue weighted by Crippen LogP contribution is 2.18. The van der Waals surface area contributed by atoms with E-state index in [1.807, 2.05) is 42.5 Å². The molecule has 0 aliphatic heterocycles. The van der Waals surface area contributed by atoms with E-state index in [4.69, 9.17) is 9.94 Å². The van der Waals surface area contributed by atoms with Gasteiger partial charge in [-0.1, -0.05) is 35.5 Å². The summed E-state index contributed by atoms with van der Waals surface area (Å²) in [6.45, 7) is 2.47. The van der Waals surface area contributed by atoms with Gasteiger partial charge in [0.25, 0.3) is 0 Å². The first-order valence-corrected chi connectivity index (χ1v) is 7.83. The van der Waals surface area contributed by atoms with Crippen molar-refractivity contribution in [2.45, 2.75) is 18.2 Å². The van der Waals surface area contributed by atoms with Gasteiger partial charge < -0.3 is 9.94 Å². The molecule has 0 amide bonds. The number of hydrogen-bond donors (Lipinski definition) is 1. The minimum absolute atomic E-state index is 0.653. The molecule has 3 nitrogen and oxygen atoms in total. The van der Waals surface area contributed by atoms with E-state index in [1.54, 1.807) is 18.7 Å². The Kier molecular flexibility index (Phi) is 6.16. The number of rotatable bonds is 7. The van der Waals surface area contributed by atoms with Gasteiger partial charge in [-0.15, -0.1) is 11.8 Å². The zero-order chi connectivity index (χ0) is 14.9. The Balaban J connectivity index is 1.73. The highest BCUT2D eigenvalue weighted by molar-refractivity contribution is 7.99. The van der Waals surface area contributed by atoms with Crippen LogP contribution in [0.15, 0.2) is 64.6 Å². The van der Waals surface area contributed by atoms with Gasteiger partial charge >= 0.3 is 0 Å². The average Bonchev–Trinajstić information content (AvgIpc) is 2.54. The van der Waals surface area contributed by atoms with Gasteiger partial charge in [-0.3, -0.25) is 0 Å². The third-order valence-electron chi connectivity index (χ3n) is 2.92. The van der Waals surface area contributed by atoms with Gasteiger partial charge in [0.1, 0.15) is 5.75 Å². The number of nitrogens with zero attached hydrogens (tertiary/aromatic N) is 1. The normalized spacial score (nSPS) is 11.4. The quantitative estimate of drug-likeness (QED) is 0.273. The predicted molar refractivity (Wildman–Crippen MR) is 87.7 cm³/mol. The molecule has 2 aromatic carbocycles. The van der Waals surface area contributed by atoms with Crippen molar-refractivity contribution >= 4 is 17.5 Å². The Morgan fingerprint density at radius 1 is 1.10 bits per heavy atom. The first kappa shape index (κ1) is 15.4. The zero-order valence-electron chi connectivity index (χ0n) is 12.0. The second kappa shape index (κ2) is 8.37. The van der Waals surface area contributed by atoms with Crippen LogP contribution < -0.4 is 4.74 Å². The van der Waals surface area contributed by atoms with E-state index in [0.29, 0.717) is 18.7 Å². The highest BCUT2D eigenvalue weighted by atomic mass is 32.2. The van der Waals surface area contributed by atoms with Gasteiger partial charge in [0.15, 0.2) is 0 Å². The van der Waals surface area contributed by atoms with Crippen LogP contribution in [-0.2, 0) is 6.42 Å². The summed E-state index contributed by atoms with van der Waals surface area (Å²) in [5.41, 5.74) is 1.80. The van der Waals surface area contributed by atoms with E-state index in [2.05, 4.69) is 17.3 Å². The molecule has 0 saturated carbocycles. The van der Waals surface area contributed by atoms with Crippen LogP contribution in [0, 0.1) is 0 Å². The van der Waals surface area contributed by atoms with E-state index < -0.39 is 0 Å². The summed E-state index contributed by atoms with van der Waals surface area (Å²) >= 11 is 1.79. The molecule has 0 aromatic heterocycles.